The molecule has 0 saturated carbocycles. The normalized spacial score (nSPS) is 18.0. The van der Waals surface area contributed by atoms with Crippen molar-refractivity contribution in [3.63, 3.8) is 0 Å². The fourth-order valence-electron chi connectivity index (χ4n) is 5.20. The third-order valence-electron chi connectivity index (χ3n) is 6.53. The van der Waals surface area contributed by atoms with Crippen LogP contribution in [0.5, 0.6) is 11.5 Å². The third kappa shape index (κ3) is 2.68. The molecule has 3 aliphatic rings. The van der Waals surface area contributed by atoms with E-state index in [1.54, 1.807) is 4.90 Å². The zero-order chi connectivity index (χ0) is 23.1. The molecule has 166 valence electrons. The van der Waals surface area contributed by atoms with Crippen molar-refractivity contribution in [1.82, 2.24) is 0 Å². The highest BCUT2D eigenvalue weighted by Gasteiger charge is 2.44. The lowest BCUT2D eigenvalue weighted by Gasteiger charge is -2.43. The van der Waals surface area contributed by atoms with E-state index in [9.17, 15) is 18.3 Å². The molecule has 0 amide bonds. The molecule has 0 aromatic heterocycles. The minimum atomic E-state index is -4.54. The molecule has 7 heteroatoms. The predicted molar refractivity (Wildman–Crippen MR) is 120 cm³/mol. The molecule has 0 radical (unpaired) electrons. The van der Waals surface area contributed by atoms with E-state index in [2.05, 4.69) is 0 Å². The van der Waals surface area contributed by atoms with Gasteiger partial charge in [-0.3, -0.25) is 4.99 Å². The van der Waals surface area contributed by atoms with Crippen LogP contribution in [0.1, 0.15) is 42.9 Å². The molecular formula is C26H19F3N2O2. The van der Waals surface area contributed by atoms with Gasteiger partial charge in [0.2, 0.25) is 0 Å². The smallest absolute Gasteiger partial charge is 0.416 e. The van der Waals surface area contributed by atoms with Crippen LogP contribution < -0.4 is 9.64 Å². The number of ether oxygens (including phenoxy) is 1. The minimum absolute atomic E-state index is 0.0585. The van der Waals surface area contributed by atoms with Gasteiger partial charge >= 0.3 is 6.18 Å². The van der Waals surface area contributed by atoms with E-state index < -0.39 is 11.7 Å². The first-order valence-electron chi connectivity index (χ1n) is 10.7. The van der Waals surface area contributed by atoms with E-state index in [4.69, 9.17) is 9.73 Å². The third-order valence-corrected chi connectivity index (χ3v) is 6.53. The summed E-state index contributed by atoms with van der Waals surface area (Å²) in [6.07, 6.45) is -3.85. The Morgan fingerprint density at radius 3 is 2.45 bits per heavy atom. The molecule has 33 heavy (non-hydrogen) atoms. The van der Waals surface area contributed by atoms with Gasteiger partial charge in [-0.1, -0.05) is 19.1 Å². The van der Waals surface area contributed by atoms with E-state index in [-0.39, 0.29) is 17.4 Å². The zero-order valence-corrected chi connectivity index (χ0v) is 17.9. The number of nitrogens with zero attached hydrogens (tertiary/aromatic N) is 2. The highest BCUT2D eigenvalue weighted by Crippen LogP contribution is 2.61. The fourth-order valence-corrected chi connectivity index (χ4v) is 5.20. The van der Waals surface area contributed by atoms with Gasteiger partial charge in [0.05, 0.1) is 28.3 Å². The number of anilines is 3. The van der Waals surface area contributed by atoms with Crippen LogP contribution in [-0.4, -0.2) is 10.8 Å². The lowest BCUT2D eigenvalue weighted by atomic mass is 9.74. The first kappa shape index (κ1) is 19.9. The van der Waals surface area contributed by atoms with Crippen LogP contribution in [0.25, 0.3) is 0 Å². The Morgan fingerprint density at radius 2 is 1.73 bits per heavy atom. The van der Waals surface area contributed by atoms with E-state index in [1.807, 2.05) is 50.2 Å². The molecule has 3 heterocycles. The summed E-state index contributed by atoms with van der Waals surface area (Å²) < 4.78 is 46.9. The lowest BCUT2D eigenvalue weighted by molar-refractivity contribution is -0.137. The highest BCUT2D eigenvalue weighted by atomic mass is 19.4. The van der Waals surface area contributed by atoms with E-state index in [0.29, 0.717) is 23.5 Å². The fraction of sp³-hybridized carbons (Fsp3) is 0.192. The van der Waals surface area contributed by atoms with Crippen molar-refractivity contribution in [3.05, 3.63) is 82.6 Å². The predicted octanol–water partition coefficient (Wildman–Crippen LogP) is 7.49. The van der Waals surface area contributed by atoms with Crippen LogP contribution in [-0.2, 0) is 6.18 Å². The van der Waals surface area contributed by atoms with Gasteiger partial charge in [0, 0.05) is 34.8 Å². The van der Waals surface area contributed by atoms with Gasteiger partial charge in [-0.2, -0.15) is 13.2 Å². The second-order valence-corrected chi connectivity index (χ2v) is 8.36. The summed E-state index contributed by atoms with van der Waals surface area (Å²) >= 11 is 0. The Kier molecular flexibility index (Phi) is 4.00. The molecule has 0 spiro atoms. The van der Waals surface area contributed by atoms with Crippen LogP contribution in [0.15, 0.2) is 70.9 Å². The number of rotatable bonds is 2. The molecule has 0 fully saturated rings. The summed E-state index contributed by atoms with van der Waals surface area (Å²) in [7, 11) is 0. The number of aromatic hydroxyl groups is 1. The Morgan fingerprint density at radius 1 is 1.00 bits per heavy atom. The standard InChI is InChI=1S/C26H19F3N2O2/c1-3-20-22-13(2)30-15-6-4-7-16-23(15)25(22)24-17(8-5-9-21(24)33-20)31(16)18-12-14(26(27,28)29)10-11-19(18)32/h4-12,25,32H,3H2,1-2H3. The van der Waals surface area contributed by atoms with Crippen molar-refractivity contribution in [2.24, 2.45) is 4.99 Å². The molecule has 4 nitrogen and oxygen atoms in total. The van der Waals surface area contributed by atoms with Gasteiger partial charge in [-0.05, 0) is 49.4 Å². The second kappa shape index (κ2) is 6.63. The van der Waals surface area contributed by atoms with Crippen LogP contribution in [0.2, 0.25) is 0 Å². The van der Waals surface area contributed by atoms with Gasteiger partial charge in [0.25, 0.3) is 0 Å². The molecule has 1 N–H and O–H groups in total. The van der Waals surface area contributed by atoms with Crippen LogP contribution in [0.3, 0.4) is 0 Å². The maximum absolute atomic E-state index is 13.6. The van der Waals surface area contributed by atoms with Crippen molar-refractivity contribution in [3.8, 4) is 11.5 Å². The Labute approximate surface area is 188 Å². The molecule has 3 aliphatic heterocycles. The first-order chi connectivity index (χ1) is 15.8. The number of hydrogen-bond acceptors (Lipinski definition) is 4. The van der Waals surface area contributed by atoms with Crippen LogP contribution in [0.4, 0.5) is 35.9 Å². The summed E-state index contributed by atoms with van der Waals surface area (Å²) in [5, 5.41) is 10.7. The molecule has 0 aliphatic carbocycles. The number of phenols is 1. The molecule has 1 unspecified atom stereocenters. The molecule has 1 atom stereocenters. The zero-order valence-electron chi connectivity index (χ0n) is 17.9. The molecule has 6 rings (SSSR count). The summed E-state index contributed by atoms with van der Waals surface area (Å²) in [6.45, 7) is 3.99. The maximum atomic E-state index is 13.6. The molecular weight excluding hydrogens is 429 g/mol. The maximum Gasteiger partial charge on any atom is 0.416 e. The van der Waals surface area contributed by atoms with Crippen molar-refractivity contribution in [1.29, 1.82) is 0 Å². The molecule has 3 aromatic carbocycles. The van der Waals surface area contributed by atoms with Crippen molar-refractivity contribution in [2.45, 2.75) is 32.4 Å². The number of phenolic OH excluding ortho intramolecular Hbond substituents is 1. The van der Waals surface area contributed by atoms with Gasteiger partial charge in [0.1, 0.15) is 17.3 Å². The van der Waals surface area contributed by atoms with Gasteiger partial charge in [0.15, 0.2) is 0 Å². The number of halogens is 3. The topological polar surface area (TPSA) is 45.1 Å². The molecule has 0 bridgehead atoms. The lowest BCUT2D eigenvalue weighted by Crippen LogP contribution is -2.30. The summed E-state index contributed by atoms with van der Waals surface area (Å²) in [4.78, 5) is 6.50. The van der Waals surface area contributed by atoms with Crippen LogP contribution in [0, 0.1) is 0 Å². The Balaban J connectivity index is 1.71. The van der Waals surface area contributed by atoms with Crippen molar-refractivity contribution >= 4 is 28.5 Å². The average Bonchev–Trinajstić information content (AvgIpc) is 2.78. The number of hydrogen-bond donors (Lipinski definition) is 1. The largest absolute Gasteiger partial charge is 0.506 e. The molecule has 0 saturated heterocycles. The number of allylic oxidation sites excluding steroid dienone is 2. The SMILES string of the molecule is CCC1=C2C(C)=Nc3cccc4c3C2c2c(cccc2N4c2cc(C(F)(F)F)ccc2O)O1. The van der Waals surface area contributed by atoms with Crippen LogP contribution >= 0.6 is 0 Å². The van der Waals surface area contributed by atoms with Gasteiger partial charge in [-0.15, -0.1) is 0 Å². The van der Waals surface area contributed by atoms with Gasteiger partial charge in [-0.25, -0.2) is 0 Å². The average molecular weight is 448 g/mol. The monoisotopic (exact) mass is 448 g/mol. The van der Waals surface area contributed by atoms with E-state index in [0.717, 1.165) is 52.1 Å². The minimum Gasteiger partial charge on any atom is -0.506 e. The second-order valence-electron chi connectivity index (χ2n) is 8.36. The quantitative estimate of drug-likeness (QED) is 0.442. The van der Waals surface area contributed by atoms with Crippen molar-refractivity contribution in [2.75, 3.05) is 4.90 Å². The first-order valence-corrected chi connectivity index (χ1v) is 10.7. The van der Waals surface area contributed by atoms with Gasteiger partial charge < -0.3 is 14.7 Å². The number of benzene rings is 3. The Bertz CT molecular complexity index is 1410. The van der Waals surface area contributed by atoms with Crippen molar-refractivity contribution < 1.29 is 23.0 Å². The summed E-state index contributed by atoms with van der Waals surface area (Å²) in [5.41, 5.74) is 5.03. The number of alkyl halides is 3. The van der Waals surface area contributed by atoms with E-state index in [1.165, 1.54) is 0 Å². The summed E-state index contributed by atoms with van der Waals surface area (Å²) in [6, 6.07) is 14.1. The highest BCUT2D eigenvalue weighted by molar-refractivity contribution is 6.08. The number of aliphatic imine (C=N–C) groups is 1. The Hall–Kier alpha value is -3.74. The molecule has 3 aromatic rings. The summed E-state index contributed by atoms with van der Waals surface area (Å²) in [5.74, 6) is 1.15. The van der Waals surface area contributed by atoms with E-state index >= 15 is 0 Å².